The summed E-state index contributed by atoms with van der Waals surface area (Å²) in [6.45, 7) is 1.37. The zero-order chi connectivity index (χ0) is 13.2. The minimum atomic E-state index is -0.420. The first-order chi connectivity index (χ1) is 9.29. The van der Waals surface area contributed by atoms with E-state index in [2.05, 4.69) is 5.18 Å². The van der Waals surface area contributed by atoms with E-state index in [1.165, 1.54) is 6.07 Å². The molecule has 0 aliphatic carbocycles. The number of ether oxygens (including phenoxy) is 2. The second-order valence-corrected chi connectivity index (χ2v) is 4.25. The van der Waals surface area contributed by atoms with Gasteiger partial charge in [0.15, 0.2) is 6.29 Å². The lowest BCUT2D eigenvalue weighted by Gasteiger charge is -2.14. The van der Waals surface area contributed by atoms with Crippen molar-refractivity contribution in [1.29, 1.82) is 0 Å². The Balaban J connectivity index is 2.13. The van der Waals surface area contributed by atoms with Crippen LogP contribution in [0.3, 0.4) is 0 Å². The van der Waals surface area contributed by atoms with Gasteiger partial charge in [0, 0.05) is 11.5 Å². The van der Waals surface area contributed by atoms with E-state index in [4.69, 9.17) is 9.47 Å². The average molecular weight is 260 g/mol. The SMILES string of the molecule is O=Nc1cccc2c1ccc(=O)n2CC1OCCO1. The van der Waals surface area contributed by atoms with Gasteiger partial charge < -0.3 is 14.0 Å². The van der Waals surface area contributed by atoms with E-state index in [-0.39, 0.29) is 5.56 Å². The van der Waals surface area contributed by atoms with Crippen molar-refractivity contribution in [2.45, 2.75) is 12.8 Å². The zero-order valence-electron chi connectivity index (χ0n) is 10.1. The smallest absolute Gasteiger partial charge is 0.251 e. The molecular formula is C13H12N2O4. The lowest BCUT2D eigenvalue weighted by molar-refractivity contribution is -0.0522. The van der Waals surface area contributed by atoms with Crippen molar-refractivity contribution in [2.24, 2.45) is 5.18 Å². The number of benzene rings is 1. The van der Waals surface area contributed by atoms with Crippen molar-refractivity contribution in [1.82, 2.24) is 4.57 Å². The number of aromatic nitrogens is 1. The number of hydrogen-bond acceptors (Lipinski definition) is 5. The highest BCUT2D eigenvalue weighted by molar-refractivity contribution is 5.89. The number of hydrogen-bond donors (Lipinski definition) is 0. The number of pyridine rings is 1. The second kappa shape index (κ2) is 4.91. The van der Waals surface area contributed by atoms with Crippen LogP contribution in [0.1, 0.15) is 0 Å². The Morgan fingerprint density at radius 2 is 2.00 bits per heavy atom. The molecule has 2 aromatic rings. The van der Waals surface area contributed by atoms with Crippen LogP contribution in [0, 0.1) is 4.91 Å². The lowest BCUT2D eigenvalue weighted by Crippen LogP contribution is -2.26. The Morgan fingerprint density at radius 3 is 2.74 bits per heavy atom. The van der Waals surface area contributed by atoms with Gasteiger partial charge in [-0.1, -0.05) is 6.07 Å². The Bertz CT molecular complexity index is 674. The summed E-state index contributed by atoms with van der Waals surface area (Å²) in [7, 11) is 0. The molecule has 0 spiro atoms. The molecule has 6 nitrogen and oxygen atoms in total. The van der Waals surface area contributed by atoms with Crippen LogP contribution in [0.5, 0.6) is 0 Å². The monoisotopic (exact) mass is 260 g/mol. The fraction of sp³-hybridized carbons (Fsp3) is 0.308. The molecule has 1 saturated heterocycles. The predicted octanol–water partition coefficient (Wildman–Crippen LogP) is 1.77. The molecule has 3 rings (SSSR count). The van der Waals surface area contributed by atoms with Gasteiger partial charge in [0.1, 0.15) is 5.69 Å². The van der Waals surface area contributed by atoms with Crippen molar-refractivity contribution in [3.05, 3.63) is 45.6 Å². The van der Waals surface area contributed by atoms with E-state index in [0.717, 1.165) is 0 Å². The first kappa shape index (κ1) is 12.0. The van der Waals surface area contributed by atoms with Crippen LogP contribution in [0.25, 0.3) is 10.9 Å². The first-order valence-electron chi connectivity index (χ1n) is 5.99. The molecule has 0 radical (unpaired) electrons. The molecule has 19 heavy (non-hydrogen) atoms. The highest BCUT2D eigenvalue weighted by Gasteiger charge is 2.18. The van der Waals surface area contributed by atoms with Gasteiger partial charge in [0.25, 0.3) is 5.56 Å². The minimum Gasteiger partial charge on any atom is -0.348 e. The van der Waals surface area contributed by atoms with Gasteiger partial charge >= 0.3 is 0 Å². The van der Waals surface area contributed by atoms with Crippen molar-refractivity contribution < 1.29 is 9.47 Å². The third-order valence-electron chi connectivity index (χ3n) is 3.13. The van der Waals surface area contributed by atoms with Gasteiger partial charge in [-0.2, -0.15) is 0 Å². The van der Waals surface area contributed by atoms with Crippen molar-refractivity contribution in [3.63, 3.8) is 0 Å². The average Bonchev–Trinajstić information content (AvgIpc) is 2.94. The molecule has 2 heterocycles. The summed E-state index contributed by atoms with van der Waals surface area (Å²) in [4.78, 5) is 22.7. The molecule has 1 aromatic heterocycles. The van der Waals surface area contributed by atoms with Crippen LogP contribution >= 0.6 is 0 Å². The highest BCUT2D eigenvalue weighted by Crippen LogP contribution is 2.24. The molecule has 1 aliphatic rings. The number of rotatable bonds is 3. The van der Waals surface area contributed by atoms with Crippen molar-refractivity contribution >= 4 is 16.6 Å². The lowest BCUT2D eigenvalue weighted by atomic mass is 10.2. The Labute approximate surface area is 108 Å². The molecule has 1 aromatic carbocycles. The van der Waals surface area contributed by atoms with Gasteiger partial charge in [-0.15, -0.1) is 4.91 Å². The molecule has 6 heteroatoms. The maximum atomic E-state index is 12.0. The van der Waals surface area contributed by atoms with Gasteiger partial charge in [-0.25, -0.2) is 0 Å². The Morgan fingerprint density at radius 1 is 1.21 bits per heavy atom. The number of nitroso groups, excluding NO2 is 1. The van der Waals surface area contributed by atoms with E-state index in [1.54, 1.807) is 28.8 Å². The molecule has 1 fully saturated rings. The predicted molar refractivity (Wildman–Crippen MR) is 69.4 cm³/mol. The van der Waals surface area contributed by atoms with E-state index >= 15 is 0 Å². The molecule has 98 valence electrons. The van der Waals surface area contributed by atoms with E-state index in [0.29, 0.717) is 36.3 Å². The summed E-state index contributed by atoms with van der Waals surface area (Å²) in [6.07, 6.45) is -0.420. The largest absolute Gasteiger partial charge is 0.348 e. The quantitative estimate of drug-likeness (QED) is 0.788. The molecule has 0 unspecified atom stereocenters. The summed E-state index contributed by atoms with van der Waals surface area (Å²) < 4.78 is 12.2. The van der Waals surface area contributed by atoms with Crippen LogP contribution in [0.2, 0.25) is 0 Å². The van der Waals surface area contributed by atoms with Gasteiger partial charge in [0.05, 0.1) is 25.3 Å². The number of nitrogens with zero attached hydrogens (tertiary/aromatic N) is 2. The third-order valence-corrected chi connectivity index (χ3v) is 3.13. The van der Waals surface area contributed by atoms with E-state index in [9.17, 15) is 9.70 Å². The normalized spacial score (nSPS) is 16.0. The van der Waals surface area contributed by atoms with E-state index < -0.39 is 6.29 Å². The summed E-state index contributed by atoms with van der Waals surface area (Å²) in [5, 5.41) is 3.62. The van der Waals surface area contributed by atoms with Gasteiger partial charge in [-0.05, 0) is 23.4 Å². The minimum absolute atomic E-state index is 0.158. The maximum Gasteiger partial charge on any atom is 0.251 e. The van der Waals surface area contributed by atoms with Crippen LogP contribution < -0.4 is 5.56 Å². The summed E-state index contributed by atoms with van der Waals surface area (Å²) in [6, 6.07) is 8.13. The summed E-state index contributed by atoms with van der Waals surface area (Å²) in [5.41, 5.74) is 0.817. The molecule has 0 saturated carbocycles. The standard InChI is InChI=1S/C13H12N2O4/c16-12-5-4-9-10(14-17)2-1-3-11(9)15(12)8-13-18-6-7-19-13/h1-5,13H,6-8H2. The van der Waals surface area contributed by atoms with Crippen LogP contribution in [-0.4, -0.2) is 24.1 Å². The van der Waals surface area contributed by atoms with Gasteiger partial charge in [0.2, 0.25) is 0 Å². The molecular weight excluding hydrogens is 248 g/mol. The molecule has 0 N–H and O–H groups in total. The van der Waals surface area contributed by atoms with Crippen LogP contribution in [0.15, 0.2) is 40.3 Å². The molecule has 0 atom stereocenters. The fourth-order valence-corrected chi connectivity index (χ4v) is 2.24. The fourth-order valence-electron chi connectivity index (χ4n) is 2.24. The maximum absolute atomic E-state index is 12.0. The molecule has 0 amide bonds. The van der Waals surface area contributed by atoms with Gasteiger partial charge in [-0.3, -0.25) is 4.79 Å². The van der Waals surface area contributed by atoms with Crippen molar-refractivity contribution in [2.75, 3.05) is 13.2 Å². The van der Waals surface area contributed by atoms with Crippen LogP contribution in [-0.2, 0) is 16.0 Å². The summed E-state index contributed by atoms with van der Waals surface area (Å²) in [5.74, 6) is 0. The summed E-state index contributed by atoms with van der Waals surface area (Å²) >= 11 is 0. The number of fused-ring (bicyclic) bond motifs is 1. The topological polar surface area (TPSA) is 69.9 Å². The zero-order valence-corrected chi connectivity index (χ0v) is 10.1. The Kier molecular flexibility index (Phi) is 3.10. The third kappa shape index (κ3) is 2.16. The molecule has 0 bridgehead atoms. The molecule has 1 aliphatic heterocycles. The first-order valence-corrected chi connectivity index (χ1v) is 5.99. The van der Waals surface area contributed by atoms with Crippen LogP contribution in [0.4, 0.5) is 5.69 Å². The second-order valence-electron chi connectivity index (χ2n) is 4.25. The van der Waals surface area contributed by atoms with E-state index in [1.807, 2.05) is 0 Å². The Hall–Kier alpha value is -2.05. The highest BCUT2D eigenvalue weighted by atomic mass is 16.7. The van der Waals surface area contributed by atoms with Crippen molar-refractivity contribution in [3.8, 4) is 0 Å².